The number of rotatable bonds is 5. The SMILES string of the molecule is CCN(Cc1ccccc1)C(=O)c1cc(C)n(C2CCS(=O)(=O)C2)n1. The van der Waals surface area contributed by atoms with Crippen LogP contribution in [0.25, 0.3) is 0 Å². The van der Waals surface area contributed by atoms with Crippen LogP contribution in [0.3, 0.4) is 0 Å². The zero-order chi connectivity index (χ0) is 18.0. The Balaban J connectivity index is 1.79. The van der Waals surface area contributed by atoms with Gasteiger partial charge in [-0.15, -0.1) is 0 Å². The van der Waals surface area contributed by atoms with Crippen molar-refractivity contribution in [1.82, 2.24) is 14.7 Å². The summed E-state index contributed by atoms with van der Waals surface area (Å²) < 4.78 is 25.1. The van der Waals surface area contributed by atoms with E-state index in [0.717, 1.165) is 11.3 Å². The molecule has 1 aliphatic rings. The van der Waals surface area contributed by atoms with Crippen LogP contribution in [0.5, 0.6) is 0 Å². The van der Waals surface area contributed by atoms with Gasteiger partial charge >= 0.3 is 0 Å². The quantitative estimate of drug-likeness (QED) is 0.818. The highest BCUT2D eigenvalue weighted by Gasteiger charge is 2.31. The molecule has 1 fully saturated rings. The monoisotopic (exact) mass is 361 g/mol. The van der Waals surface area contributed by atoms with Gasteiger partial charge in [0.2, 0.25) is 0 Å². The van der Waals surface area contributed by atoms with Gasteiger partial charge in [0.05, 0.1) is 17.5 Å². The maximum absolute atomic E-state index is 12.8. The first-order valence-electron chi connectivity index (χ1n) is 8.49. The fraction of sp³-hybridized carbons (Fsp3) is 0.444. The van der Waals surface area contributed by atoms with Crippen molar-refractivity contribution < 1.29 is 13.2 Å². The molecule has 25 heavy (non-hydrogen) atoms. The highest BCUT2D eigenvalue weighted by atomic mass is 32.2. The van der Waals surface area contributed by atoms with Gasteiger partial charge in [0.1, 0.15) is 0 Å². The lowest BCUT2D eigenvalue weighted by Gasteiger charge is -2.20. The van der Waals surface area contributed by atoms with Crippen LogP contribution in [-0.2, 0) is 16.4 Å². The number of aryl methyl sites for hydroxylation is 1. The van der Waals surface area contributed by atoms with E-state index in [1.165, 1.54) is 0 Å². The lowest BCUT2D eigenvalue weighted by molar-refractivity contribution is 0.0745. The normalized spacial score (nSPS) is 19.0. The van der Waals surface area contributed by atoms with Gasteiger partial charge in [-0.05, 0) is 31.9 Å². The molecule has 6 nitrogen and oxygen atoms in total. The van der Waals surface area contributed by atoms with Gasteiger partial charge in [-0.3, -0.25) is 9.48 Å². The summed E-state index contributed by atoms with van der Waals surface area (Å²) in [5.41, 5.74) is 2.26. The highest BCUT2D eigenvalue weighted by molar-refractivity contribution is 7.91. The maximum atomic E-state index is 12.8. The Labute approximate surface area is 148 Å². The molecular weight excluding hydrogens is 338 g/mol. The lowest BCUT2D eigenvalue weighted by Crippen LogP contribution is -2.30. The van der Waals surface area contributed by atoms with E-state index in [4.69, 9.17) is 0 Å². The summed E-state index contributed by atoms with van der Waals surface area (Å²) in [6.45, 7) is 4.91. The molecule has 0 saturated carbocycles. The fourth-order valence-electron chi connectivity index (χ4n) is 3.22. The highest BCUT2D eigenvalue weighted by Crippen LogP contribution is 2.25. The Morgan fingerprint density at radius 2 is 2.04 bits per heavy atom. The topological polar surface area (TPSA) is 72.3 Å². The van der Waals surface area contributed by atoms with Crippen LogP contribution in [0.1, 0.15) is 41.1 Å². The summed E-state index contributed by atoms with van der Waals surface area (Å²) in [6, 6.07) is 11.4. The lowest BCUT2D eigenvalue weighted by atomic mass is 10.2. The van der Waals surface area contributed by atoms with Crippen LogP contribution < -0.4 is 0 Å². The number of hydrogen-bond donors (Lipinski definition) is 0. The molecule has 2 aromatic rings. The van der Waals surface area contributed by atoms with Crippen molar-refractivity contribution in [2.24, 2.45) is 0 Å². The Morgan fingerprint density at radius 1 is 1.32 bits per heavy atom. The second kappa shape index (κ2) is 7.00. The number of benzene rings is 1. The third-order valence-electron chi connectivity index (χ3n) is 4.58. The molecule has 0 bridgehead atoms. The minimum atomic E-state index is -2.99. The van der Waals surface area contributed by atoms with Crippen LogP contribution in [0.2, 0.25) is 0 Å². The molecular formula is C18H23N3O3S. The van der Waals surface area contributed by atoms with Crippen molar-refractivity contribution in [3.05, 3.63) is 53.3 Å². The predicted octanol–water partition coefficient (Wildman–Crippen LogP) is 2.21. The molecule has 1 amide bonds. The van der Waals surface area contributed by atoms with Crippen molar-refractivity contribution >= 4 is 15.7 Å². The number of carbonyl (C=O) groups excluding carboxylic acids is 1. The third kappa shape index (κ3) is 3.92. The molecule has 134 valence electrons. The summed E-state index contributed by atoms with van der Waals surface area (Å²) in [7, 11) is -2.99. The van der Waals surface area contributed by atoms with Gasteiger partial charge in [-0.1, -0.05) is 30.3 Å². The molecule has 1 aliphatic heterocycles. The molecule has 7 heteroatoms. The standard InChI is InChI=1S/C18H23N3O3S/c1-3-20(12-15-7-5-4-6-8-15)18(22)17-11-14(2)21(19-17)16-9-10-25(23,24)13-16/h4-8,11,16H,3,9-10,12-13H2,1-2H3. The van der Waals surface area contributed by atoms with Crippen molar-refractivity contribution in [2.75, 3.05) is 18.1 Å². The molecule has 2 heterocycles. The predicted molar refractivity (Wildman–Crippen MR) is 96.1 cm³/mol. The Kier molecular flexibility index (Phi) is 4.94. The van der Waals surface area contributed by atoms with Crippen molar-refractivity contribution in [3.63, 3.8) is 0 Å². The molecule has 1 unspecified atom stereocenters. The van der Waals surface area contributed by atoms with Gasteiger partial charge in [-0.25, -0.2) is 8.42 Å². The molecule has 0 aliphatic carbocycles. The smallest absolute Gasteiger partial charge is 0.274 e. The average Bonchev–Trinajstić information content (AvgIpc) is 3.15. The molecule has 0 spiro atoms. The van der Waals surface area contributed by atoms with Crippen molar-refractivity contribution in [2.45, 2.75) is 32.9 Å². The van der Waals surface area contributed by atoms with Crippen LogP contribution in [0.15, 0.2) is 36.4 Å². The van der Waals surface area contributed by atoms with E-state index in [-0.39, 0.29) is 23.5 Å². The van der Waals surface area contributed by atoms with Crippen molar-refractivity contribution in [1.29, 1.82) is 0 Å². The number of hydrogen-bond acceptors (Lipinski definition) is 4. The fourth-order valence-corrected chi connectivity index (χ4v) is 4.92. The molecule has 1 aromatic heterocycles. The molecule has 0 radical (unpaired) electrons. The zero-order valence-corrected chi connectivity index (χ0v) is 15.4. The number of amides is 1. The van der Waals surface area contributed by atoms with E-state index in [1.54, 1.807) is 15.6 Å². The third-order valence-corrected chi connectivity index (χ3v) is 6.33. The molecule has 3 rings (SSSR count). The summed E-state index contributed by atoms with van der Waals surface area (Å²) in [5.74, 6) is 0.161. The van der Waals surface area contributed by atoms with Gasteiger partial charge in [0.15, 0.2) is 15.5 Å². The average molecular weight is 361 g/mol. The summed E-state index contributed by atoms with van der Waals surface area (Å²) in [5, 5.41) is 4.43. The minimum Gasteiger partial charge on any atom is -0.333 e. The second-order valence-electron chi connectivity index (χ2n) is 6.48. The number of nitrogens with zero attached hydrogens (tertiary/aromatic N) is 3. The molecule has 1 atom stereocenters. The van der Waals surface area contributed by atoms with Crippen LogP contribution in [-0.4, -0.2) is 47.1 Å². The Bertz CT molecular complexity index is 859. The Morgan fingerprint density at radius 3 is 2.64 bits per heavy atom. The first-order chi connectivity index (χ1) is 11.9. The first kappa shape index (κ1) is 17.7. The molecule has 0 N–H and O–H groups in total. The second-order valence-corrected chi connectivity index (χ2v) is 8.71. The van der Waals surface area contributed by atoms with Crippen molar-refractivity contribution in [3.8, 4) is 0 Å². The minimum absolute atomic E-state index is 0.102. The first-order valence-corrected chi connectivity index (χ1v) is 10.3. The van der Waals surface area contributed by atoms with Gasteiger partial charge in [0, 0.05) is 18.8 Å². The van der Waals surface area contributed by atoms with E-state index >= 15 is 0 Å². The van der Waals surface area contributed by atoms with E-state index in [1.807, 2.05) is 44.2 Å². The number of sulfone groups is 1. The van der Waals surface area contributed by atoms with E-state index in [9.17, 15) is 13.2 Å². The largest absolute Gasteiger partial charge is 0.333 e. The van der Waals surface area contributed by atoms with Crippen LogP contribution >= 0.6 is 0 Å². The number of aromatic nitrogens is 2. The summed E-state index contributed by atoms with van der Waals surface area (Å²) in [6.07, 6.45) is 0.556. The van der Waals surface area contributed by atoms with Gasteiger partial charge < -0.3 is 4.90 Å². The van der Waals surface area contributed by atoms with Crippen LogP contribution in [0.4, 0.5) is 0 Å². The summed E-state index contributed by atoms with van der Waals surface area (Å²) in [4.78, 5) is 14.6. The van der Waals surface area contributed by atoms with Gasteiger partial charge in [0.25, 0.3) is 5.91 Å². The molecule has 1 aromatic carbocycles. The van der Waals surface area contributed by atoms with E-state index < -0.39 is 9.84 Å². The Hall–Kier alpha value is -2.15. The van der Waals surface area contributed by atoms with E-state index in [0.29, 0.717) is 25.2 Å². The number of carbonyl (C=O) groups is 1. The van der Waals surface area contributed by atoms with Crippen LogP contribution in [0, 0.1) is 6.92 Å². The summed E-state index contributed by atoms with van der Waals surface area (Å²) >= 11 is 0. The zero-order valence-electron chi connectivity index (χ0n) is 14.6. The molecule has 1 saturated heterocycles. The maximum Gasteiger partial charge on any atom is 0.274 e. The van der Waals surface area contributed by atoms with E-state index in [2.05, 4.69) is 5.10 Å². The van der Waals surface area contributed by atoms with Gasteiger partial charge in [-0.2, -0.15) is 5.10 Å².